The maximum absolute atomic E-state index is 13.0. The number of hydrogen-bond acceptors (Lipinski definition) is 3. The fourth-order valence-electron chi connectivity index (χ4n) is 2.91. The van der Waals surface area contributed by atoms with Gasteiger partial charge in [-0.15, -0.1) is 0 Å². The van der Waals surface area contributed by atoms with E-state index in [1.807, 2.05) is 25.1 Å². The number of aryl methyl sites for hydroxylation is 1. The fourth-order valence-corrected chi connectivity index (χ4v) is 2.91. The first-order valence-corrected chi connectivity index (χ1v) is 7.86. The summed E-state index contributed by atoms with van der Waals surface area (Å²) in [6.45, 7) is 7.01. The molecule has 1 fully saturated rings. The van der Waals surface area contributed by atoms with Crippen LogP contribution in [-0.4, -0.2) is 36.1 Å². The van der Waals surface area contributed by atoms with Crippen molar-refractivity contribution in [1.29, 1.82) is 0 Å². The van der Waals surface area contributed by atoms with Crippen LogP contribution in [0.4, 0.5) is 10.2 Å². The van der Waals surface area contributed by atoms with Crippen molar-refractivity contribution in [3.05, 3.63) is 59.5 Å². The Bertz CT molecular complexity index is 612. The van der Waals surface area contributed by atoms with Crippen molar-refractivity contribution < 1.29 is 4.39 Å². The lowest BCUT2D eigenvalue weighted by Gasteiger charge is -2.23. The Kier molecular flexibility index (Phi) is 4.68. The van der Waals surface area contributed by atoms with Crippen LogP contribution in [0.2, 0.25) is 0 Å². The molecule has 0 bridgehead atoms. The van der Waals surface area contributed by atoms with Crippen molar-refractivity contribution in [3.63, 3.8) is 0 Å². The standard InChI is InChI=1S/C18H22FN3/c1-15-4-2-5-18(20-15)22-11-3-10-21(12-13-22)14-16-6-8-17(19)9-7-16/h2,4-9H,3,10-14H2,1H3. The average Bonchev–Trinajstić information content (AvgIpc) is 2.75. The first-order valence-electron chi connectivity index (χ1n) is 7.86. The molecule has 2 heterocycles. The zero-order chi connectivity index (χ0) is 15.4. The van der Waals surface area contributed by atoms with Gasteiger partial charge in [0, 0.05) is 38.4 Å². The maximum Gasteiger partial charge on any atom is 0.128 e. The number of hydrogen-bond donors (Lipinski definition) is 0. The molecule has 0 unspecified atom stereocenters. The SMILES string of the molecule is Cc1cccc(N2CCCN(Cc3ccc(F)cc3)CC2)n1. The van der Waals surface area contributed by atoms with E-state index in [1.165, 1.54) is 17.7 Å². The van der Waals surface area contributed by atoms with Crippen molar-refractivity contribution in [2.75, 3.05) is 31.1 Å². The molecule has 0 atom stereocenters. The van der Waals surface area contributed by atoms with Gasteiger partial charge in [-0.1, -0.05) is 18.2 Å². The van der Waals surface area contributed by atoms with Crippen LogP contribution in [0.3, 0.4) is 0 Å². The van der Waals surface area contributed by atoms with E-state index >= 15 is 0 Å². The van der Waals surface area contributed by atoms with Gasteiger partial charge in [0.2, 0.25) is 0 Å². The van der Waals surface area contributed by atoms with Gasteiger partial charge in [-0.2, -0.15) is 0 Å². The highest BCUT2D eigenvalue weighted by Gasteiger charge is 2.16. The number of anilines is 1. The highest BCUT2D eigenvalue weighted by Crippen LogP contribution is 2.15. The molecule has 3 nitrogen and oxygen atoms in total. The molecule has 4 heteroatoms. The van der Waals surface area contributed by atoms with E-state index in [0.29, 0.717) is 0 Å². The molecule has 0 amide bonds. The highest BCUT2D eigenvalue weighted by atomic mass is 19.1. The van der Waals surface area contributed by atoms with Crippen molar-refractivity contribution >= 4 is 5.82 Å². The topological polar surface area (TPSA) is 19.4 Å². The Morgan fingerprint density at radius 2 is 1.82 bits per heavy atom. The zero-order valence-electron chi connectivity index (χ0n) is 13.0. The predicted molar refractivity (Wildman–Crippen MR) is 87.5 cm³/mol. The minimum absolute atomic E-state index is 0.170. The van der Waals surface area contributed by atoms with Gasteiger partial charge in [0.15, 0.2) is 0 Å². The van der Waals surface area contributed by atoms with Gasteiger partial charge >= 0.3 is 0 Å². The molecule has 0 radical (unpaired) electrons. The minimum atomic E-state index is -0.170. The quantitative estimate of drug-likeness (QED) is 0.867. The van der Waals surface area contributed by atoms with E-state index in [-0.39, 0.29) is 5.82 Å². The van der Waals surface area contributed by atoms with Gasteiger partial charge in [0.25, 0.3) is 0 Å². The molecule has 1 aliphatic rings. The summed E-state index contributed by atoms with van der Waals surface area (Å²) < 4.78 is 13.0. The Labute approximate surface area is 131 Å². The molecule has 1 aliphatic heterocycles. The first-order chi connectivity index (χ1) is 10.7. The Morgan fingerprint density at radius 3 is 2.59 bits per heavy atom. The molecule has 1 aromatic carbocycles. The summed E-state index contributed by atoms with van der Waals surface area (Å²) in [6, 6.07) is 13.0. The second kappa shape index (κ2) is 6.88. The van der Waals surface area contributed by atoms with E-state index in [1.54, 1.807) is 0 Å². The molecule has 0 N–H and O–H groups in total. The second-order valence-corrected chi connectivity index (χ2v) is 5.88. The molecular weight excluding hydrogens is 277 g/mol. The molecule has 0 spiro atoms. The van der Waals surface area contributed by atoms with E-state index < -0.39 is 0 Å². The lowest BCUT2D eigenvalue weighted by molar-refractivity contribution is 0.285. The summed E-state index contributed by atoms with van der Waals surface area (Å²) in [5.74, 6) is 0.903. The zero-order valence-corrected chi connectivity index (χ0v) is 13.0. The van der Waals surface area contributed by atoms with E-state index in [9.17, 15) is 4.39 Å². The second-order valence-electron chi connectivity index (χ2n) is 5.88. The molecule has 0 aliphatic carbocycles. The third-order valence-corrected chi connectivity index (χ3v) is 4.11. The number of pyridine rings is 1. The maximum atomic E-state index is 13.0. The molecule has 22 heavy (non-hydrogen) atoms. The van der Waals surface area contributed by atoms with E-state index in [0.717, 1.165) is 50.7 Å². The largest absolute Gasteiger partial charge is 0.355 e. The lowest BCUT2D eigenvalue weighted by atomic mass is 10.2. The number of nitrogens with zero attached hydrogens (tertiary/aromatic N) is 3. The van der Waals surface area contributed by atoms with Crippen LogP contribution in [0.1, 0.15) is 17.7 Å². The van der Waals surface area contributed by atoms with Crippen LogP contribution >= 0.6 is 0 Å². The van der Waals surface area contributed by atoms with Gasteiger partial charge < -0.3 is 4.90 Å². The van der Waals surface area contributed by atoms with Gasteiger partial charge in [-0.05, 0) is 43.2 Å². The summed E-state index contributed by atoms with van der Waals surface area (Å²) in [6.07, 6.45) is 1.12. The Balaban J connectivity index is 1.61. The number of rotatable bonds is 3. The molecule has 116 valence electrons. The van der Waals surface area contributed by atoms with Gasteiger partial charge in [-0.3, -0.25) is 4.90 Å². The van der Waals surface area contributed by atoms with Gasteiger partial charge in [0.1, 0.15) is 11.6 Å². The summed E-state index contributed by atoms with van der Waals surface area (Å²) in [5.41, 5.74) is 2.23. The average molecular weight is 299 g/mol. The summed E-state index contributed by atoms with van der Waals surface area (Å²) in [5, 5.41) is 0. The van der Waals surface area contributed by atoms with Crippen molar-refractivity contribution in [2.24, 2.45) is 0 Å². The number of aromatic nitrogens is 1. The van der Waals surface area contributed by atoms with Gasteiger partial charge in [0.05, 0.1) is 0 Å². The van der Waals surface area contributed by atoms with Crippen LogP contribution in [0, 0.1) is 12.7 Å². The van der Waals surface area contributed by atoms with Crippen LogP contribution in [0.5, 0.6) is 0 Å². The number of benzene rings is 1. The first kappa shape index (κ1) is 15.0. The van der Waals surface area contributed by atoms with Crippen LogP contribution in [-0.2, 0) is 6.54 Å². The molecule has 1 saturated heterocycles. The van der Waals surface area contributed by atoms with Crippen molar-refractivity contribution in [2.45, 2.75) is 19.9 Å². The number of halogens is 1. The third-order valence-electron chi connectivity index (χ3n) is 4.11. The fraction of sp³-hybridized carbons (Fsp3) is 0.389. The summed E-state index contributed by atoms with van der Waals surface area (Å²) in [4.78, 5) is 9.42. The third kappa shape index (κ3) is 3.83. The summed E-state index contributed by atoms with van der Waals surface area (Å²) >= 11 is 0. The van der Waals surface area contributed by atoms with Crippen molar-refractivity contribution in [1.82, 2.24) is 9.88 Å². The Hall–Kier alpha value is -1.94. The molecule has 3 rings (SSSR count). The highest BCUT2D eigenvalue weighted by molar-refractivity contribution is 5.39. The van der Waals surface area contributed by atoms with Crippen LogP contribution in [0.25, 0.3) is 0 Å². The normalized spacial score (nSPS) is 16.5. The molecular formula is C18H22FN3. The van der Waals surface area contributed by atoms with E-state index in [4.69, 9.17) is 0 Å². The van der Waals surface area contributed by atoms with Crippen LogP contribution < -0.4 is 4.90 Å². The Morgan fingerprint density at radius 1 is 1.00 bits per heavy atom. The lowest BCUT2D eigenvalue weighted by Crippen LogP contribution is -2.31. The molecule has 2 aromatic rings. The minimum Gasteiger partial charge on any atom is -0.355 e. The molecule has 1 aromatic heterocycles. The van der Waals surface area contributed by atoms with E-state index in [2.05, 4.69) is 26.9 Å². The van der Waals surface area contributed by atoms with Crippen LogP contribution in [0.15, 0.2) is 42.5 Å². The molecule has 0 saturated carbocycles. The smallest absolute Gasteiger partial charge is 0.128 e. The predicted octanol–water partition coefficient (Wildman–Crippen LogP) is 3.24. The van der Waals surface area contributed by atoms with Gasteiger partial charge in [-0.25, -0.2) is 9.37 Å². The summed E-state index contributed by atoms with van der Waals surface area (Å²) in [7, 11) is 0. The van der Waals surface area contributed by atoms with Crippen molar-refractivity contribution in [3.8, 4) is 0 Å². The monoisotopic (exact) mass is 299 g/mol.